The zero-order valence-electron chi connectivity index (χ0n) is 11.6. The van der Waals surface area contributed by atoms with Crippen LogP contribution in [-0.2, 0) is 4.79 Å². The third kappa shape index (κ3) is 3.93. The van der Waals surface area contributed by atoms with Crippen LogP contribution in [0.25, 0.3) is 0 Å². The fourth-order valence-corrected chi connectivity index (χ4v) is 2.72. The number of rotatable bonds is 7. The molecule has 1 aliphatic heterocycles. The summed E-state index contributed by atoms with van der Waals surface area (Å²) in [5.41, 5.74) is 5.46. The smallest absolute Gasteiger partial charge is 0.235 e. The Labute approximate surface area is 110 Å². The molecular weight excluding hydrogens is 228 g/mol. The van der Waals surface area contributed by atoms with E-state index in [1.165, 1.54) is 32.2 Å². The first-order chi connectivity index (χ1) is 8.56. The van der Waals surface area contributed by atoms with Gasteiger partial charge < -0.3 is 20.9 Å². The molecule has 0 radical (unpaired) electrons. The molecule has 0 bridgehead atoms. The Hall–Kier alpha value is -0.650. The molecule has 2 unspecified atom stereocenters. The van der Waals surface area contributed by atoms with Gasteiger partial charge in [0.25, 0.3) is 0 Å². The van der Waals surface area contributed by atoms with E-state index in [1.807, 2.05) is 0 Å². The summed E-state index contributed by atoms with van der Waals surface area (Å²) in [6, 6.07) is 0.948. The van der Waals surface area contributed by atoms with E-state index in [0.717, 1.165) is 13.1 Å². The molecule has 1 heterocycles. The molecule has 1 saturated carbocycles. The molecular formula is C13H26N4O. The Morgan fingerprint density at radius 3 is 2.72 bits per heavy atom. The maximum absolute atomic E-state index is 11.4. The lowest BCUT2D eigenvalue weighted by molar-refractivity contribution is -0.120. The fourth-order valence-electron chi connectivity index (χ4n) is 2.72. The molecule has 5 heteroatoms. The lowest BCUT2D eigenvalue weighted by Crippen LogP contribution is -2.50. The molecule has 0 aromatic rings. The number of likely N-dealkylation sites (tertiary alicyclic amines) is 1. The highest BCUT2D eigenvalue weighted by atomic mass is 16.1. The van der Waals surface area contributed by atoms with E-state index in [2.05, 4.69) is 29.2 Å². The van der Waals surface area contributed by atoms with Gasteiger partial charge in [0.05, 0.1) is 6.04 Å². The van der Waals surface area contributed by atoms with Gasteiger partial charge in [0.2, 0.25) is 5.91 Å². The van der Waals surface area contributed by atoms with Gasteiger partial charge in [0, 0.05) is 25.2 Å². The molecule has 1 saturated heterocycles. The van der Waals surface area contributed by atoms with Crippen LogP contribution >= 0.6 is 0 Å². The molecule has 104 valence electrons. The van der Waals surface area contributed by atoms with Gasteiger partial charge in [-0.3, -0.25) is 4.79 Å². The average molecular weight is 254 g/mol. The molecule has 2 atom stereocenters. The highest BCUT2D eigenvalue weighted by Crippen LogP contribution is 2.20. The van der Waals surface area contributed by atoms with E-state index in [9.17, 15) is 4.79 Å². The molecule has 0 aromatic carbocycles. The second kappa shape index (κ2) is 5.99. The van der Waals surface area contributed by atoms with E-state index < -0.39 is 0 Å². The van der Waals surface area contributed by atoms with Crippen molar-refractivity contribution in [1.82, 2.24) is 15.1 Å². The molecule has 1 aliphatic carbocycles. The van der Waals surface area contributed by atoms with Crippen molar-refractivity contribution in [2.24, 2.45) is 5.73 Å². The van der Waals surface area contributed by atoms with Crippen LogP contribution in [0, 0.1) is 0 Å². The monoisotopic (exact) mass is 254 g/mol. The summed E-state index contributed by atoms with van der Waals surface area (Å²) in [6.45, 7) is 2.93. The van der Waals surface area contributed by atoms with Crippen molar-refractivity contribution >= 4 is 5.91 Å². The van der Waals surface area contributed by atoms with Crippen molar-refractivity contribution in [2.45, 2.75) is 43.8 Å². The first kappa shape index (κ1) is 13.8. The van der Waals surface area contributed by atoms with Gasteiger partial charge in [0.1, 0.15) is 0 Å². The summed E-state index contributed by atoms with van der Waals surface area (Å²) in [7, 11) is 4.26. The molecule has 2 aliphatic rings. The van der Waals surface area contributed by atoms with Crippen LogP contribution < -0.4 is 11.1 Å². The molecule has 2 fully saturated rings. The largest absolute Gasteiger partial charge is 0.368 e. The summed E-state index contributed by atoms with van der Waals surface area (Å²) in [5, 5.41) is 3.33. The Morgan fingerprint density at radius 1 is 1.50 bits per heavy atom. The highest BCUT2D eigenvalue weighted by molar-refractivity contribution is 5.80. The quantitative estimate of drug-likeness (QED) is 0.650. The first-order valence-electron chi connectivity index (χ1n) is 7.00. The molecule has 18 heavy (non-hydrogen) atoms. The normalized spacial score (nSPS) is 26.7. The minimum absolute atomic E-state index is 0.200. The zero-order chi connectivity index (χ0) is 13.1. The molecule has 3 N–H and O–H groups in total. The third-order valence-electron chi connectivity index (χ3n) is 4.05. The van der Waals surface area contributed by atoms with Gasteiger partial charge >= 0.3 is 0 Å². The molecule has 2 rings (SSSR count). The number of amides is 1. The second-order valence-electron chi connectivity index (χ2n) is 5.89. The van der Waals surface area contributed by atoms with E-state index in [0.29, 0.717) is 12.1 Å². The van der Waals surface area contributed by atoms with Crippen LogP contribution in [0.3, 0.4) is 0 Å². The summed E-state index contributed by atoms with van der Waals surface area (Å²) >= 11 is 0. The van der Waals surface area contributed by atoms with E-state index in [1.54, 1.807) is 0 Å². The van der Waals surface area contributed by atoms with Crippen LogP contribution in [-0.4, -0.2) is 67.6 Å². The van der Waals surface area contributed by atoms with Crippen LogP contribution in [0.2, 0.25) is 0 Å². The van der Waals surface area contributed by atoms with Crippen molar-refractivity contribution < 1.29 is 4.79 Å². The number of nitrogens with zero attached hydrogens (tertiary/aromatic N) is 2. The number of nitrogens with one attached hydrogen (secondary N) is 1. The van der Waals surface area contributed by atoms with Crippen molar-refractivity contribution in [3.05, 3.63) is 0 Å². The predicted molar refractivity (Wildman–Crippen MR) is 72.3 cm³/mol. The van der Waals surface area contributed by atoms with Crippen LogP contribution in [0.1, 0.15) is 25.7 Å². The fraction of sp³-hybridized carbons (Fsp3) is 0.923. The van der Waals surface area contributed by atoms with Crippen molar-refractivity contribution in [2.75, 3.05) is 33.7 Å². The third-order valence-corrected chi connectivity index (χ3v) is 4.05. The standard InChI is InChI=1S/C13H26N4O/c1-16(8-11-4-3-7-17(11)2)9-12(13(14)18)15-10-5-6-10/h10-12,15H,3-9H2,1-2H3,(H2,14,18). The van der Waals surface area contributed by atoms with Gasteiger partial charge in [0.15, 0.2) is 0 Å². The highest BCUT2D eigenvalue weighted by Gasteiger charge is 2.29. The van der Waals surface area contributed by atoms with Crippen molar-refractivity contribution in [3.8, 4) is 0 Å². The average Bonchev–Trinajstić information content (AvgIpc) is 3.03. The predicted octanol–water partition coefficient (Wildman–Crippen LogP) is -0.382. The summed E-state index contributed by atoms with van der Waals surface area (Å²) in [5.74, 6) is -0.228. The summed E-state index contributed by atoms with van der Waals surface area (Å²) in [4.78, 5) is 16.1. The number of likely N-dealkylation sites (N-methyl/N-ethyl adjacent to an activating group) is 2. The Kier molecular flexibility index (Phi) is 4.59. The Bertz CT molecular complexity index is 293. The maximum Gasteiger partial charge on any atom is 0.235 e. The zero-order valence-corrected chi connectivity index (χ0v) is 11.6. The van der Waals surface area contributed by atoms with Gasteiger partial charge in [-0.1, -0.05) is 0 Å². The van der Waals surface area contributed by atoms with Crippen LogP contribution in [0.15, 0.2) is 0 Å². The van der Waals surface area contributed by atoms with Crippen LogP contribution in [0.5, 0.6) is 0 Å². The molecule has 0 aromatic heterocycles. The Balaban J connectivity index is 1.76. The maximum atomic E-state index is 11.4. The number of hydrogen-bond acceptors (Lipinski definition) is 4. The second-order valence-corrected chi connectivity index (χ2v) is 5.89. The SMILES string of the molecule is CN(CC(NC1CC1)C(N)=O)CC1CCCN1C. The number of hydrogen-bond donors (Lipinski definition) is 2. The lowest BCUT2D eigenvalue weighted by Gasteiger charge is -2.28. The summed E-state index contributed by atoms with van der Waals surface area (Å²) < 4.78 is 0. The number of primary amides is 1. The van der Waals surface area contributed by atoms with E-state index in [-0.39, 0.29) is 11.9 Å². The van der Waals surface area contributed by atoms with Crippen LogP contribution in [0.4, 0.5) is 0 Å². The Morgan fingerprint density at radius 2 is 2.22 bits per heavy atom. The van der Waals surface area contributed by atoms with E-state index >= 15 is 0 Å². The van der Waals surface area contributed by atoms with Crippen molar-refractivity contribution in [3.63, 3.8) is 0 Å². The van der Waals surface area contributed by atoms with Gasteiger partial charge in [-0.2, -0.15) is 0 Å². The summed E-state index contributed by atoms with van der Waals surface area (Å²) in [6.07, 6.45) is 4.91. The van der Waals surface area contributed by atoms with Gasteiger partial charge in [-0.05, 0) is 46.3 Å². The number of carbonyl (C=O) groups is 1. The molecule has 0 spiro atoms. The lowest BCUT2D eigenvalue weighted by atomic mass is 10.2. The minimum Gasteiger partial charge on any atom is -0.368 e. The molecule has 5 nitrogen and oxygen atoms in total. The van der Waals surface area contributed by atoms with E-state index in [4.69, 9.17) is 5.73 Å². The number of nitrogens with two attached hydrogens (primary N) is 1. The first-order valence-corrected chi connectivity index (χ1v) is 7.00. The molecule has 1 amide bonds. The minimum atomic E-state index is -0.228. The van der Waals surface area contributed by atoms with Gasteiger partial charge in [-0.15, -0.1) is 0 Å². The number of carbonyl (C=O) groups excluding carboxylic acids is 1. The van der Waals surface area contributed by atoms with Crippen molar-refractivity contribution in [1.29, 1.82) is 0 Å². The van der Waals surface area contributed by atoms with Gasteiger partial charge in [-0.25, -0.2) is 0 Å². The topological polar surface area (TPSA) is 61.6 Å².